The lowest BCUT2D eigenvalue weighted by Gasteiger charge is -2.09. The molecule has 0 spiro atoms. The van der Waals surface area contributed by atoms with E-state index in [4.69, 9.17) is 31.5 Å². The molecule has 2 N–H and O–H groups in total. The summed E-state index contributed by atoms with van der Waals surface area (Å²) >= 11 is 5.97. The number of halogens is 1. The first-order chi connectivity index (χ1) is 10.1. The van der Waals surface area contributed by atoms with E-state index in [0.717, 1.165) is 12.8 Å². The first kappa shape index (κ1) is 15.9. The van der Waals surface area contributed by atoms with Crippen LogP contribution in [0.2, 0.25) is 5.02 Å². The van der Waals surface area contributed by atoms with Gasteiger partial charge < -0.3 is 19.9 Å². The van der Waals surface area contributed by atoms with Crippen LogP contribution in [-0.4, -0.2) is 49.5 Å². The molecule has 1 aromatic rings. The van der Waals surface area contributed by atoms with Gasteiger partial charge in [0.15, 0.2) is 5.69 Å². The Morgan fingerprint density at radius 3 is 2.67 bits per heavy atom. The van der Waals surface area contributed by atoms with Crippen LogP contribution in [0.15, 0.2) is 0 Å². The Bertz CT molecular complexity index is 508. The second-order valence-electron chi connectivity index (χ2n) is 4.64. The smallest absolute Gasteiger partial charge is 0.358 e. The van der Waals surface area contributed by atoms with Crippen molar-refractivity contribution >= 4 is 23.4 Å². The monoisotopic (exact) mass is 315 g/mol. The number of nitrogens with zero attached hydrogens (tertiary/aromatic N) is 2. The van der Waals surface area contributed by atoms with Gasteiger partial charge >= 0.3 is 5.97 Å². The van der Waals surface area contributed by atoms with Crippen LogP contribution in [0.25, 0.3) is 0 Å². The lowest BCUT2D eigenvalue weighted by atomic mass is 10.3. The predicted octanol–water partition coefficient (Wildman–Crippen LogP) is 1.41. The molecule has 1 aliphatic carbocycles. The molecule has 0 atom stereocenters. The number of nitrogens with two attached hydrogens (primary N) is 1. The molecule has 0 unspecified atom stereocenters. The van der Waals surface area contributed by atoms with Crippen LogP contribution in [-0.2, 0) is 14.2 Å². The molecule has 0 bridgehead atoms. The average molecular weight is 316 g/mol. The molecule has 1 aliphatic rings. The van der Waals surface area contributed by atoms with Gasteiger partial charge in [0, 0.05) is 13.0 Å². The van der Waals surface area contributed by atoms with Crippen LogP contribution < -0.4 is 5.73 Å². The topological polar surface area (TPSA) is 96.6 Å². The van der Waals surface area contributed by atoms with Gasteiger partial charge in [0.05, 0.1) is 19.8 Å². The Labute approximate surface area is 127 Å². The molecule has 0 aromatic carbocycles. The molecular weight excluding hydrogens is 298 g/mol. The van der Waals surface area contributed by atoms with Crippen molar-refractivity contribution in [2.45, 2.75) is 18.8 Å². The molecule has 7 nitrogen and oxygen atoms in total. The van der Waals surface area contributed by atoms with E-state index in [1.54, 1.807) is 7.11 Å². The van der Waals surface area contributed by atoms with Crippen molar-refractivity contribution in [2.75, 3.05) is 39.3 Å². The zero-order valence-corrected chi connectivity index (χ0v) is 12.6. The van der Waals surface area contributed by atoms with E-state index in [0.29, 0.717) is 19.0 Å². The molecule has 1 fully saturated rings. The van der Waals surface area contributed by atoms with E-state index in [9.17, 15) is 4.79 Å². The molecule has 116 valence electrons. The highest BCUT2D eigenvalue weighted by Crippen LogP contribution is 2.39. The van der Waals surface area contributed by atoms with Gasteiger partial charge in [-0.1, -0.05) is 11.6 Å². The molecule has 0 amide bonds. The van der Waals surface area contributed by atoms with Crippen molar-refractivity contribution in [3.63, 3.8) is 0 Å². The third-order valence-electron chi connectivity index (χ3n) is 2.92. The van der Waals surface area contributed by atoms with Gasteiger partial charge in [-0.3, -0.25) is 0 Å². The molecule has 1 saturated carbocycles. The number of ether oxygens (including phenoxy) is 3. The zero-order chi connectivity index (χ0) is 15.2. The van der Waals surface area contributed by atoms with Gasteiger partial charge in [0.25, 0.3) is 0 Å². The summed E-state index contributed by atoms with van der Waals surface area (Å²) in [7, 11) is 1.59. The molecule has 1 heterocycles. The number of hydrogen-bond acceptors (Lipinski definition) is 7. The van der Waals surface area contributed by atoms with Crippen molar-refractivity contribution in [3.05, 3.63) is 16.5 Å². The van der Waals surface area contributed by atoms with Crippen LogP contribution in [0.3, 0.4) is 0 Å². The summed E-state index contributed by atoms with van der Waals surface area (Å²) in [6.45, 7) is 1.33. The van der Waals surface area contributed by atoms with E-state index in [2.05, 4.69) is 9.97 Å². The minimum atomic E-state index is -0.619. The van der Waals surface area contributed by atoms with E-state index in [1.807, 2.05) is 0 Å². The lowest BCUT2D eigenvalue weighted by Crippen LogP contribution is -2.16. The molecule has 2 rings (SSSR count). The fraction of sp³-hybridized carbons (Fsp3) is 0.615. The van der Waals surface area contributed by atoms with Crippen molar-refractivity contribution in [3.8, 4) is 0 Å². The number of anilines is 1. The maximum Gasteiger partial charge on any atom is 0.358 e. The highest BCUT2D eigenvalue weighted by molar-refractivity contribution is 6.35. The van der Waals surface area contributed by atoms with Gasteiger partial charge in [0.2, 0.25) is 0 Å². The van der Waals surface area contributed by atoms with Gasteiger partial charge in [-0.2, -0.15) is 0 Å². The average Bonchev–Trinajstić information content (AvgIpc) is 3.29. The quantitative estimate of drug-likeness (QED) is 0.572. The number of rotatable bonds is 8. The first-order valence-electron chi connectivity index (χ1n) is 6.70. The van der Waals surface area contributed by atoms with Gasteiger partial charge in [-0.15, -0.1) is 0 Å². The summed E-state index contributed by atoms with van der Waals surface area (Å²) in [5.41, 5.74) is 5.72. The minimum absolute atomic E-state index is 0.0166. The van der Waals surface area contributed by atoms with Crippen molar-refractivity contribution in [1.29, 1.82) is 0 Å². The van der Waals surface area contributed by atoms with Crippen LogP contribution in [0.4, 0.5) is 5.82 Å². The normalized spacial score (nSPS) is 14.2. The van der Waals surface area contributed by atoms with Crippen LogP contribution in [0, 0.1) is 0 Å². The SMILES string of the molecule is COCCOCCOC(=O)c1nc(C2CC2)nc(N)c1Cl. The fourth-order valence-corrected chi connectivity index (χ4v) is 1.81. The zero-order valence-electron chi connectivity index (χ0n) is 11.8. The highest BCUT2D eigenvalue weighted by atomic mass is 35.5. The minimum Gasteiger partial charge on any atom is -0.458 e. The van der Waals surface area contributed by atoms with Gasteiger partial charge in [-0.05, 0) is 12.8 Å². The van der Waals surface area contributed by atoms with E-state index >= 15 is 0 Å². The Morgan fingerprint density at radius 1 is 1.29 bits per heavy atom. The number of aromatic nitrogens is 2. The Morgan fingerprint density at radius 2 is 2.00 bits per heavy atom. The number of nitrogen functional groups attached to an aromatic ring is 1. The summed E-state index contributed by atoms with van der Waals surface area (Å²) in [5, 5.41) is 0.0321. The Hall–Kier alpha value is -1.44. The highest BCUT2D eigenvalue weighted by Gasteiger charge is 2.29. The summed E-state index contributed by atoms with van der Waals surface area (Å²) < 4.78 is 15.1. The number of esters is 1. The Kier molecular flexibility index (Phi) is 5.72. The molecule has 0 radical (unpaired) electrons. The van der Waals surface area contributed by atoms with Crippen LogP contribution >= 0.6 is 11.6 Å². The fourth-order valence-electron chi connectivity index (χ4n) is 1.65. The standard InChI is InChI=1S/C13H18ClN3O4/c1-19-4-5-20-6-7-21-13(18)10-9(14)11(15)17-12(16-10)8-2-3-8/h8H,2-7H2,1H3,(H2,15,16,17). The summed E-state index contributed by atoms with van der Waals surface area (Å²) in [5.74, 6) is 0.317. The van der Waals surface area contributed by atoms with Crippen LogP contribution in [0.1, 0.15) is 35.1 Å². The molecule has 1 aromatic heterocycles. The summed E-state index contributed by atoms with van der Waals surface area (Å²) in [6, 6.07) is 0. The second-order valence-corrected chi connectivity index (χ2v) is 5.02. The van der Waals surface area contributed by atoms with Gasteiger partial charge in [-0.25, -0.2) is 14.8 Å². The maximum absolute atomic E-state index is 12.0. The summed E-state index contributed by atoms with van der Waals surface area (Å²) in [6.07, 6.45) is 2.01. The Balaban J connectivity index is 1.89. The first-order valence-corrected chi connectivity index (χ1v) is 7.08. The number of carbonyl (C=O) groups is 1. The van der Waals surface area contributed by atoms with E-state index in [-0.39, 0.29) is 35.7 Å². The maximum atomic E-state index is 12.0. The summed E-state index contributed by atoms with van der Waals surface area (Å²) in [4.78, 5) is 20.2. The lowest BCUT2D eigenvalue weighted by molar-refractivity contribution is 0.0209. The molecule has 0 saturated heterocycles. The van der Waals surface area contributed by atoms with Crippen molar-refractivity contribution in [2.24, 2.45) is 0 Å². The third-order valence-corrected chi connectivity index (χ3v) is 3.30. The second kappa shape index (κ2) is 7.53. The molecular formula is C13H18ClN3O4. The van der Waals surface area contributed by atoms with E-state index < -0.39 is 5.97 Å². The number of hydrogen-bond donors (Lipinski definition) is 1. The van der Waals surface area contributed by atoms with Crippen molar-refractivity contribution in [1.82, 2.24) is 9.97 Å². The molecule has 8 heteroatoms. The van der Waals surface area contributed by atoms with E-state index in [1.165, 1.54) is 0 Å². The van der Waals surface area contributed by atoms with Crippen LogP contribution in [0.5, 0.6) is 0 Å². The van der Waals surface area contributed by atoms with Gasteiger partial charge in [0.1, 0.15) is 23.3 Å². The molecule has 21 heavy (non-hydrogen) atoms. The third kappa shape index (κ3) is 4.52. The molecule has 0 aliphatic heterocycles. The predicted molar refractivity (Wildman–Crippen MR) is 76.4 cm³/mol. The number of carbonyl (C=O) groups excluding carboxylic acids is 1. The largest absolute Gasteiger partial charge is 0.458 e. The number of methoxy groups -OCH3 is 1. The van der Waals surface area contributed by atoms with Crippen molar-refractivity contribution < 1.29 is 19.0 Å².